The fraction of sp³-hybridized carbons (Fsp3) is 0.0714. The van der Waals surface area contributed by atoms with E-state index in [0.29, 0.717) is 5.57 Å². The summed E-state index contributed by atoms with van der Waals surface area (Å²) in [6.45, 7) is 2.06. The van der Waals surface area contributed by atoms with Crippen molar-refractivity contribution < 1.29 is 4.79 Å². The van der Waals surface area contributed by atoms with E-state index in [9.17, 15) is 4.79 Å². The van der Waals surface area contributed by atoms with Crippen LogP contribution in [-0.2, 0) is 4.79 Å². The highest BCUT2D eigenvalue weighted by Gasteiger charge is 2.26. The van der Waals surface area contributed by atoms with Crippen LogP contribution in [0, 0.1) is 6.92 Å². The molecule has 1 aromatic carbocycles. The fourth-order valence-corrected chi connectivity index (χ4v) is 4.18. The van der Waals surface area contributed by atoms with Crippen LogP contribution in [0.25, 0.3) is 11.6 Å². The number of fused-ring (bicyclic) bond motifs is 1. The molecule has 0 atom stereocenters. The summed E-state index contributed by atoms with van der Waals surface area (Å²) in [5.74, 6) is -0.0557. The number of aryl methyl sites for hydroxylation is 1. The van der Waals surface area contributed by atoms with Crippen LogP contribution in [0.3, 0.4) is 0 Å². The van der Waals surface area contributed by atoms with Gasteiger partial charge in [-0.3, -0.25) is 4.79 Å². The number of hydrogen-bond donors (Lipinski definition) is 1. The summed E-state index contributed by atoms with van der Waals surface area (Å²) in [5, 5.41) is 2.90. The average Bonchev–Trinajstić information content (AvgIpc) is 2.87. The lowest BCUT2D eigenvalue weighted by Gasteiger charge is -2.02. The van der Waals surface area contributed by atoms with Crippen molar-refractivity contribution in [3.8, 4) is 0 Å². The van der Waals surface area contributed by atoms with Gasteiger partial charge in [0.25, 0.3) is 5.91 Å². The quantitative estimate of drug-likeness (QED) is 0.667. The van der Waals surface area contributed by atoms with Gasteiger partial charge in [0, 0.05) is 24.3 Å². The lowest BCUT2D eigenvalue weighted by Crippen LogP contribution is -2.03. The number of carbonyl (C=O) groups excluding carboxylic acids is 1. The molecule has 96 valence electrons. The Morgan fingerprint density at radius 1 is 1.26 bits per heavy atom. The molecule has 2 heterocycles. The summed E-state index contributed by atoms with van der Waals surface area (Å²) in [5.41, 5.74) is 2.48. The third-order valence-electron chi connectivity index (χ3n) is 2.88. The molecular formula is C14H9Br2NOS. The lowest BCUT2D eigenvalue weighted by atomic mass is 10.1. The first-order valence-electron chi connectivity index (χ1n) is 5.63. The Balaban J connectivity index is 2.15. The highest BCUT2D eigenvalue weighted by Crippen LogP contribution is 2.40. The van der Waals surface area contributed by atoms with Crippen molar-refractivity contribution >= 4 is 66.4 Å². The Morgan fingerprint density at radius 3 is 2.74 bits per heavy atom. The molecule has 0 aliphatic carbocycles. The highest BCUT2D eigenvalue weighted by atomic mass is 79.9. The van der Waals surface area contributed by atoms with Crippen molar-refractivity contribution in [1.29, 1.82) is 0 Å². The van der Waals surface area contributed by atoms with E-state index in [4.69, 9.17) is 0 Å². The normalized spacial score (nSPS) is 15.7. The Labute approximate surface area is 131 Å². The van der Waals surface area contributed by atoms with Gasteiger partial charge in [-0.2, -0.15) is 0 Å². The van der Waals surface area contributed by atoms with Gasteiger partial charge in [-0.15, -0.1) is 11.3 Å². The second-order valence-electron chi connectivity index (χ2n) is 4.27. The highest BCUT2D eigenvalue weighted by molar-refractivity contribution is 9.11. The zero-order chi connectivity index (χ0) is 13.6. The third kappa shape index (κ3) is 2.42. The van der Waals surface area contributed by atoms with E-state index in [1.165, 1.54) is 4.88 Å². The molecule has 3 rings (SSSR count). The maximum Gasteiger partial charge on any atom is 0.256 e. The minimum atomic E-state index is -0.0557. The number of nitrogens with one attached hydrogen (secondary N) is 1. The van der Waals surface area contributed by atoms with Gasteiger partial charge in [0.15, 0.2) is 0 Å². The first-order chi connectivity index (χ1) is 9.04. The lowest BCUT2D eigenvalue weighted by molar-refractivity contribution is -0.110. The van der Waals surface area contributed by atoms with Gasteiger partial charge >= 0.3 is 0 Å². The molecule has 0 radical (unpaired) electrons. The zero-order valence-corrected chi connectivity index (χ0v) is 13.9. The van der Waals surface area contributed by atoms with Crippen molar-refractivity contribution in [2.45, 2.75) is 6.92 Å². The molecule has 19 heavy (non-hydrogen) atoms. The van der Waals surface area contributed by atoms with Gasteiger partial charge in [0.05, 0.1) is 11.3 Å². The number of halogens is 2. The van der Waals surface area contributed by atoms with E-state index >= 15 is 0 Å². The molecule has 0 saturated carbocycles. The summed E-state index contributed by atoms with van der Waals surface area (Å²) < 4.78 is 1.83. The van der Waals surface area contributed by atoms with Gasteiger partial charge in [0.1, 0.15) is 0 Å². The molecule has 1 aromatic heterocycles. The molecule has 0 fully saturated rings. The molecule has 1 amide bonds. The van der Waals surface area contributed by atoms with Crippen molar-refractivity contribution in [3.63, 3.8) is 0 Å². The monoisotopic (exact) mass is 397 g/mol. The van der Waals surface area contributed by atoms with E-state index in [1.54, 1.807) is 11.3 Å². The number of amides is 1. The number of thiophene rings is 1. The molecule has 1 aliphatic heterocycles. The second kappa shape index (κ2) is 4.89. The van der Waals surface area contributed by atoms with E-state index in [-0.39, 0.29) is 5.91 Å². The predicted molar refractivity (Wildman–Crippen MR) is 87.4 cm³/mol. The van der Waals surface area contributed by atoms with E-state index in [0.717, 1.165) is 25.1 Å². The van der Waals surface area contributed by atoms with Crippen LogP contribution >= 0.6 is 43.2 Å². The number of benzene rings is 1. The predicted octanol–water partition coefficient (Wildman–Crippen LogP) is 5.07. The van der Waals surface area contributed by atoms with Crippen LogP contribution in [0.1, 0.15) is 15.3 Å². The topological polar surface area (TPSA) is 29.1 Å². The maximum atomic E-state index is 12.1. The summed E-state index contributed by atoms with van der Waals surface area (Å²) in [6, 6.07) is 7.98. The van der Waals surface area contributed by atoms with Crippen LogP contribution in [-0.4, -0.2) is 5.91 Å². The second-order valence-corrected chi connectivity index (χ2v) is 7.36. The largest absolute Gasteiger partial charge is 0.320 e. The molecule has 0 unspecified atom stereocenters. The SMILES string of the molecule is Cc1ccc(/C=C2\C(=O)Nc3c(Br)cc(Br)cc32)s1. The number of anilines is 1. The fourth-order valence-electron chi connectivity index (χ4n) is 2.03. The smallest absolute Gasteiger partial charge is 0.256 e. The van der Waals surface area contributed by atoms with Crippen molar-refractivity contribution in [2.75, 3.05) is 5.32 Å². The molecule has 0 saturated heterocycles. The van der Waals surface area contributed by atoms with Crippen LogP contribution in [0.4, 0.5) is 5.69 Å². The number of rotatable bonds is 1. The molecule has 1 N–H and O–H groups in total. The van der Waals surface area contributed by atoms with E-state index < -0.39 is 0 Å². The van der Waals surface area contributed by atoms with Gasteiger partial charge in [0.2, 0.25) is 0 Å². The maximum absolute atomic E-state index is 12.1. The van der Waals surface area contributed by atoms with Crippen molar-refractivity contribution in [3.05, 3.63) is 48.5 Å². The number of hydrogen-bond acceptors (Lipinski definition) is 2. The van der Waals surface area contributed by atoms with E-state index in [1.807, 2.05) is 24.3 Å². The van der Waals surface area contributed by atoms with Gasteiger partial charge < -0.3 is 5.32 Å². The van der Waals surface area contributed by atoms with E-state index in [2.05, 4.69) is 50.2 Å². The molecule has 2 aromatic rings. The molecule has 5 heteroatoms. The van der Waals surface area contributed by atoms with Crippen LogP contribution in [0.15, 0.2) is 33.2 Å². The average molecular weight is 399 g/mol. The molecule has 0 spiro atoms. The molecule has 2 nitrogen and oxygen atoms in total. The number of carbonyl (C=O) groups is 1. The summed E-state index contributed by atoms with van der Waals surface area (Å²) in [6.07, 6.45) is 1.94. The molecular weight excluding hydrogens is 390 g/mol. The van der Waals surface area contributed by atoms with Crippen molar-refractivity contribution in [2.24, 2.45) is 0 Å². The first kappa shape index (κ1) is 13.1. The summed E-state index contributed by atoms with van der Waals surface area (Å²) >= 11 is 8.61. The van der Waals surface area contributed by atoms with Gasteiger partial charge in [-0.05, 0) is 53.2 Å². The van der Waals surface area contributed by atoms with Gasteiger partial charge in [-0.1, -0.05) is 15.9 Å². The first-order valence-corrected chi connectivity index (χ1v) is 8.04. The minimum absolute atomic E-state index is 0.0557. The molecule has 0 bridgehead atoms. The van der Waals surface area contributed by atoms with Crippen LogP contribution in [0.2, 0.25) is 0 Å². The zero-order valence-electron chi connectivity index (χ0n) is 9.96. The van der Waals surface area contributed by atoms with Crippen LogP contribution in [0.5, 0.6) is 0 Å². The Bertz CT molecular complexity index is 718. The summed E-state index contributed by atoms with van der Waals surface area (Å²) in [4.78, 5) is 14.4. The summed E-state index contributed by atoms with van der Waals surface area (Å²) in [7, 11) is 0. The standard InChI is InChI=1S/C14H9Br2NOS/c1-7-2-3-9(19-7)6-11-10-4-8(15)5-12(16)13(10)17-14(11)18/h2-6H,1H3,(H,17,18)/b11-6-. The Morgan fingerprint density at radius 2 is 2.05 bits per heavy atom. The van der Waals surface area contributed by atoms with Gasteiger partial charge in [-0.25, -0.2) is 0 Å². The minimum Gasteiger partial charge on any atom is -0.320 e. The molecule has 1 aliphatic rings. The Kier molecular flexibility index (Phi) is 3.37. The Hall–Kier alpha value is -0.910. The van der Waals surface area contributed by atoms with Crippen molar-refractivity contribution in [1.82, 2.24) is 0 Å². The van der Waals surface area contributed by atoms with Crippen LogP contribution < -0.4 is 5.32 Å². The third-order valence-corrected chi connectivity index (χ3v) is 4.91.